The third kappa shape index (κ3) is 7.48. The second-order valence-electron chi connectivity index (χ2n) is 7.07. The Morgan fingerprint density at radius 3 is 2.96 bits per heavy atom. The molecule has 1 unspecified atom stereocenters. The highest BCUT2D eigenvalue weighted by Crippen LogP contribution is 2.17. The monoisotopic (exact) mass is 390 g/mol. The molecule has 1 aromatic rings. The number of hydrogen-bond donors (Lipinski definition) is 2. The second kappa shape index (κ2) is 12.4. The van der Waals surface area contributed by atoms with Crippen LogP contribution in [0.3, 0.4) is 0 Å². The quantitative estimate of drug-likeness (QED) is 0.365. The molecular formula is C21H34N4O3. The number of likely N-dealkylation sites (tertiary alicyclic amines) is 1. The Morgan fingerprint density at radius 2 is 2.21 bits per heavy atom. The Bertz CT molecular complexity index is 636. The first kappa shape index (κ1) is 22.2. The summed E-state index contributed by atoms with van der Waals surface area (Å²) in [5.41, 5.74) is 1.94. The molecule has 0 radical (unpaired) electrons. The summed E-state index contributed by atoms with van der Waals surface area (Å²) in [5.74, 6) is 1.48. The van der Waals surface area contributed by atoms with Gasteiger partial charge in [0, 0.05) is 51.8 Å². The van der Waals surface area contributed by atoms with Crippen molar-refractivity contribution in [1.29, 1.82) is 0 Å². The molecule has 1 heterocycles. The summed E-state index contributed by atoms with van der Waals surface area (Å²) in [6.07, 6.45) is 2.49. The number of carbonyl (C=O) groups is 1. The van der Waals surface area contributed by atoms with Gasteiger partial charge in [-0.05, 0) is 30.5 Å². The summed E-state index contributed by atoms with van der Waals surface area (Å²) in [6, 6.07) is 7.93. The van der Waals surface area contributed by atoms with Crippen LogP contribution in [0.2, 0.25) is 0 Å². The number of amides is 1. The summed E-state index contributed by atoms with van der Waals surface area (Å²) in [4.78, 5) is 18.5. The summed E-state index contributed by atoms with van der Waals surface area (Å²) >= 11 is 0. The van der Waals surface area contributed by atoms with E-state index in [1.807, 2.05) is 38.2 Å². The van der Waals surface area contributed by atoms with Gasteiger partial charge in [0.1, 0.15) is 0 Å². The van der Waals surface area contributed by atoms with E-state index in [4.69, 9.17) is 9.47 Å². The van der Waals surface area contributed by atoms with Gasteiger partial charge in [-0.25, -0.2) is 0 Å². The highest BCUT2D eigenvalue weighted by Gasteiger charge is 2.24. The van der Waals surface area contributed by atoms with Crippen molar-refractivity contribution in [2.24, 2.45) is 10.9 Å². The van der Waals surface area contributed by atoms with E-state index in [-0.39, 0.29) is 5.91 Å². The van der Waals surface area contributed by atoms with Crippen LogP contribution in [0.5, 0.6) is 0 Å². The smallest absolute Gasteiger partial charge is 0.224 e. The molecule has 156 valence electrons. The van der Waals surface area contributed by atoms with Crippen molar-refractivity contribution in [3.63, 3.8) is 0 Å². The van der Waals surface area contributed by atoms with E-state index in [1.165, 1.54) is 0 Å². The third-order valence-electron chi connectivity index (χ3n) is 4.72. The average Bonchev–Trinajstić information content (AvgIpc) is 3.15. The van der Waals surface area contributed by atoms with Gasteiger partial charge in [-0.1, -0.05) is 19.1 Å². The number of nitrogens with zero attached hydrogens (tertiary/aromatic N) is 2. The number of benzene rings is 1. The molecule has 1 aliphatic heterocycles. The maximum Gasteiger partial charge on any atom is 0.224 e. The number of carbonyl (C=O) groups excluding carboxylic acids is 1. The number of aliphatic imine (C=N–C) groups is 1. The molecule has 28 heavy (non-hydrogen) atoms. The molecule has 0 saturated carbocycles. The van der Waals surface area contributed by atoms with Crippen molar-refractivity contribution in [3.05, 3.63) is 29.8 Å². The van der Waals surface area contributed by atoms with Gasteiger partial charge in [0.2, 0.25) is 5.91 Å². The molecule has 0 bridgehead atoms. The first-order chi connectivity index (χ1) is 13.7. The zero-order valence-corrected chi connectivity index (χ0v) is 17.4. The van der Waals surface area contributed by atoms with Crippen LogP contribution in [0, 0.1) is 5.92 Å². The second-order valence-corrected chi connectivity index (χ2v) is 7.07. The molecule has 0 aliphatic carbocycles. The lowest BCUT2D eigenvalue weighted by Crippen LogP contribution is -2.39. The molecule has 7 heteroatoms. The van der Waals surface area contributed by atoms with Crippen LogP contribution in [-0.4, -0.2) is 63.8 Å². The lowest BCUT2D eigenvalue weighted by molar-refractivity contribution is -0.116. The standard InChI is InChI=1S/C21H34N4O3/c1-4-6-20(26)24-19-8-5-7-17(13-19)14-23-21(22-2)25-10-9-18(15-25)16-28-12-11-27-3/h5,7-8,13,18H,4,6,9-12,14-16H2,1-3H3,(H,22,23)(H,24,26). The van der Waals surface area contributed by atoms with E-state index in [0.29, 0.717) is 32.1 Å². The molecule has 0 spiro atoms. The highest BCUT2D eigenvalue weighted by molar-refractivity contribution is 5.90. The van der Waals surface area contributed by atoms with Gasteiger partial charge in [0.05, 0.1) is 19.8 Å². The van der Waals surface area contributed by atoms with Crippen LogP contribution < -0.4 is 10.6 Å². The van der Waals surface area contributed by atoms with Gasteiger partial charge in [-0.15, -0.1) is 0 Å². The van der Waals surface area contributed by atoms with E-state index in [0.717, 1.165) is 49.7 Å². The van der Waals surface area contributed by atoms with E-state index in [2.05, 4.69) is 20.5 Å². The average molecular weight is 391 g/mol. The van der Waals surface area contributed by atoms with Crippen LogP contribution >= 0.6 is 0 Å². The molecule has 1 fully saturated rings. The van der Waals surface area contributed by atoms with Crippen LogP contribution in [0.15, 0.2) is 29.3 Å². The highest BCUT2D eigenvalue weighted by atomic mass is 16.5. The fourth-order valence-electron chi connectivity index (χ4n) is 3.28. The van der Waals surface area contributed by atoms with E-state index < -0.39 is 0 Å². The maximum absolute atomic E-state index is 11.8. The Morgan fingerprint density at radius 1 is 1.36 bits per heavy atom. The van der Waals surface area contributed by atoms with Crippen molar-refractivity contribution < 1.29 is 14.3 Å². The van der Waals surface area contributed by atoms with Crippen molar-refractivity contribution in [2.45, 2.75) is 32.7 Å². The first-order valence-electron chi connectivity index (χ1n) is 10.1. The zero-order chi connectivity index (χ0) is 20.2. The Kier molecular flexibility index (Phi) is 9.79. The molecule has 2 rings (SSSR count). The van der Waals surface area contributed by atoms with Gasteiger partial charge in [-0.3, -0.25) is 9.79 Å². The maximum atomic E-state index is 11.8. The number of nitrogens with one attached hydrogen (secondary N) is 2. The molecule has 7 nitrogen and oxygen atoms in total. The molecule has 1 aliphatic rings. The van der Waals surface area contributed by atoms with Gasteiger partial charge in [-0.2, -0.15) is 0 Å². The number of ether oxygens (including phenoxy) is 2. The predicted octanol–water partition coefficient (Wildman–Crippen LogP) is 2.49. The molecule has 2 N–H and O–H groups in total. The predicted molar refractivity (Wildman–Crippen MR) is 113 cm³/mol. The summed E-state index contributed by atoms with van der Waals surface area (Å²) < 4.78 is 10.7. The van der Waals surface area contributed by atoms with Gasteiger partial charge in [0.15, 0.2) is 5.96 Å². The summed E-state index contributed by atoms with van der Waals surface area (Å²) in [5, 5.41) is 6.38. The topological polar surface area (TPSA) is 75.2 Å². The number of methoxy groups -OCH3 is 1. The molecule has 1 atom stereocenters. The van der Waals surface area contributed by atoms with Crippen LogP contribution in [0.1, 0.15) is 31.7 Å². The molecule has 1 saturated heterocycles. The van der Waals surface area contributed by atoms with E-state index >= 15 is 0 Å². The SMILES string of the molecule is CCCC(=O)Nc1cccc(CNC(=NC)N2CCC(COCCOC)C2)c1. The molecule has 1 aromatic carbocycles. The van der Waals surface area contributed by atoms with E-state index in [9.17, 15) is 4.79 Å². The fourth-order valence-corrected chi connectivity index (χ4v) is 3.28. The normalized spacial score (nSPS) is 17.0. The molecule has 1 amide bonds. The fraction of sp³-hybridized carbons (Fsp3) is 0.619. The Labute approximate surface area is 168 Å². The Hall–Kier alpha value is -2.12. The third-order valence-corrected chi connectivity index (χ3v) is 4.72. The van der Waals surface area contributed by atoms with Gasteiger partial charge < -0.3 is 25.0 Å². The number of rotatable bonds is 10. The van der Waals surface area contributed by atoms with Crippen molar-refractivity contribution in [3.8, 4) is 0 Å². The largest absolute Gasteiger partial charge is 0.382 e. The van der Waals surface area contributed by atoms with Crippen LogP contribution in [-0.2, 0) is 20.8 Å². The van der Waals surface area contributed by atoms with Crippen molar-refractivity contribution >= 4 is 17.6 Å². The number of anilines is 1. The lowest BCUT2D eigenvalue weighted by atomic mass is 10.1. The van der Waals surface area contributed by atoms with E-state index in [1.54, 1.807) is 7.11 Å². The number of hydrogen-bond acceptors (Lipinski definition) is 4. The summed E-state index contributed by atoms with van der Waals surface area (Å²) in [6.45, 7) is 6.62. The zero-order valence-electron chi connectivity index (χ0n) is 17.4. The van der Waals surface area contributed by atoms with Gasteiger partial charge >= 0.3 is 0 Å². The minimum atomic E-state index is 0.0549. The van der Waals surface area contributed by atoms with Crippen molar-refractivity contribution in [1.82, 2.24) is 10.2 Å². The lowest BCUT2D eigenvalue weighted by Gasteiger charge is -2.22. The van der Waals surface area contributed by atoms with Crippen LogP contribution in [0.4, 0.5) is 5.69 Å². The minimum Gasteiger partial charge on any atom is -0.382 e. The van der Waals surface area contributed by atoms with Crippen molar-refractivity contribution in [2.75, 3.05) is 52.4 Å². The summed E-state index contributed by atoms with van der Waals surface area (Å²) in [7, 11) is 3.50. The molecular weight excluding hydrogens is 356 g/mol. The minimum absolute atomic E-state index is 0.0549. The molecule has 0 aromatic heterocycles. The first-order valence-corrected chi connectivity index (χ1v) is 10.1. The Balaban J connectivity index is 1.80. The van der Waals surface area contributed by atoms with Gasteiger partial charge in [0.25, 0.3) is 0 Å². The number of guanidine groups is 1. The van der Waals surface area contributed by atoms with Crippen LogP contribution in [0.25, 0.3) is 0 Å².